The molecule has 1 aromatic carbocycles. The Hall–Kier alpha value is -2.50. The summed E-state index contributed by atoms with van der Waals surface area (Å²) in [5.41, 5.74) is 1.31. The Morgan fingerprint density at radius 3 is 2.77 bits per heavy atom. The summed E-state index contributed by atoms with van der Waals surface area (Å²) in [6.45, 7) is 2.05. The maximum absolute atomic E-state index is 12.2. The molecule has 2 heterocycles. The molecule has 2 aromatic heterocycles. The van der Waals surface area contributed by atoms with Gasteiger partial charge >= 0.3 is 0 Å². The number of carbonyl (C=O) groups excluding carboxylic acids is 1. The molecule has 0 fully saturated rings. The summed E-state index contributed by atoms with van der Waals surface area (Å²) in [5, 5.41) is 5.13. The first-order valence-corrected chi connectivity index (χ1v) is 8.57. The molecule has 0 unspecified atom stereocenters. The van der Waals surface area contributed by atoms with Crippen LogP contribution in [0.1, 0.15) is 27.7 Å². The van der Waals surface area contributed by atoms with Crippen LogP contribution >= 0.6 is 23.2 Å². The number of hydrogen-bond acceptors (Lipinski definition) is 4. The van der Waals surface area contributed by atoms with Gasteiger partial charge in [0.1, 0.15) is 29.6 Å². The molecule has 0 aliphatic heterocycles. The molecule has 0 N–H and O–H groups in total. The molecule has 0 aliphatic rings. The van der Waals surface area contributed by atoms with Crippen molar-refractivity contribution in [1.82, 2.24) is 9.78 Å². The smallest absolute Gasteiger partial charge is 0.203 e. The highest BCUT2D eigenvalue weighted by atomic mass is 35.5. The summed E-state index contributed by atoms with van der Waals surface area (Å²) in [4.78, 5) is 12.2. The molecule has 0 radical (unpaired) electrons. The minimum Gasteiger partial charge on any atom is -0.484 e. The van der Waals surface area contributed by atoms with Gasteiger partial charge in [0.2, 0.25) is 5.78 Å². The fourth-order valence-electron chi connectivity index (χ4n) is 2.39. The number of furan rings is 1. The number of ether oxygens (including phenoxy) is 1. The van der Waals surface area contributed by atoms with E-state index in [1.165, 1.54) is 6.08 Å². The van der Waals surface area contributed by atoms with Gasteiger partial charge in [-0.2, -0.15) is 5.10 Å². The average Bonchev–Trinajstić information content (AvgIpc) is 3.18. The van der Waals surface area contributed by atoms with Crippen LogP contribution < -0.4 is 4.74 Å². The van der Waals surface area contributed by atoms with Crippen molar-refractivity contribution in [2.75, 3.05) is 0 Å². The van der Waals surface area contributed by atoms with Crippen LogP contribution in [0.3, 0.4) is 0 Å². The van der Waals surface area contributed by atoms with Gasteiger partial charge in [0.15, 0.2) is 0 Å². The summed E-state index contributed by atoms with van der Waals surface area (Å²) >= 11 is 11.9. The zero-order chi connectivity index (χ0) is 18.7. The van der Waals surface area contributed by atoms with Crippen LogP contribution in [-0.4, -0.2) is 15.6 Å². The van der Waals surface area contributed by atoms with Gasteiger partial charge < -0.3 is 9.15 Å². The van der Waals surface area contributed by atoms with E-state index in [0.717, 1.165) is 5.69 Å². The largest absolute Gasteiger partial charge is 0.484 e. The van der Waals surface area contributed by atoms with Gasteiger partial charge in [0, 0.05) is 12.1 Å². The molecule has 0 bridgehead atoms. The molecule has 3 rings (SSSR count). The molecule has 26 heavy (non-hydrogen) atoms. The molecule has 0 saturated heterocycles. The van der Waals surface area contributed by atoms with Crippen molar-refractivity contribution >= 4 is 35.1 Å². The summed E-state index contributed by atoms with van der Waals surface area (Å²) in [5.74, 6) is 1.54. The number of halogens is 2. The van der Waals surface area contributed by atoms with Gasteiger partial charge in [-0.1, -0.05) is 23.2 Å². The maximum Gasteiger partial charge on any atom is 0.203 e. The molecule has 3 aromatic rings. The van der Waals surface area contributed by atoms with Gasteiger partial charge in [-0.15, -0.1) is 0 Å². The number of allylic oxidation sites excluding steroid dienone is 1. The van der Waals surface area contributed by atoms with Crippen molar-refractivity contribution in [3.63, 3.8) is 0 Å². The highest BCUT2D eigenvalue weighted by molar-refractivity contribution is 6.35. The molecule has 5 nitrogen and oxygen atoms in total. The predicted octanol–water partition coefficient (Wildman–Crippen LogP) is 5.10. The second-order valence-corrected chi connectivity index (χ2v) is 6.50. The molecule has 0 spiro atoms. The number of hydrogen-bond donors (Lipinski definition) is 0. The Balaban J connectivity index is 1.62. The first-order valence-electron chi connectivity index (χ1n) is 7.82. The third kappa shape index (κ3) is 4.36. The second-order valence-electron chi connectivity index (χ2n) is 5.66. The minimum absolute atomic E-state index is 0.143. The van der Waals surface area contributed by atoms with Crippen LogP contribution in [0.5, 0.6) is 5.75 Å². The number of aromatic nitrogens is 2. The lowest BCUT2D eigenvalue weighted by Gasteiger charge is -2.06. The summed E-state index contributed by atoms with van der Waals surface area (Å²) in [6, 6.07) is 10.3. The first kappa shape index (κ1) is 18.3. The fourth-order valence-corrected chi connectivity index (χ4v) is 2.85. The first-order chi connectivity index (χ1) is 12.4. The third-order valence-electron chi connectivity index (χ3n) is 3.60. The van der Waals surface area contributed by atoms with E-state index in [2.05, 4.69) is 5.10 Å². The summed E-state index contributed by atoms with van der Waals surface area (Å²) < 4.78 is 12.8. The number of ketones is 1. The van der Waals surface area contributed by atoms with Gasteiger partial charge in [0.25, 0.3) is 0 Å². The zero-order valence-corrected chi connectivity index (χ0v) is 15.7. The molecule has 7 heteroatoms. The number of benzene rings is 1. The Bertz CT molecular complexity index is 973. The van der Waals surface area contributed by atoms with E-state index < -0.39 is 0 Å². The van der Waals surface area contributed by atoms with Crippen molar-refractivity contribution in [2.24, 2.45) is 7.05 Å². The molecule has 0 amide bonds. The molecular weight excluding hydrogens is 375 g/mol. The van der Waals surface area contributed by atoms with Crippen LogP contribution in [-0.2, 0) is 13.7 Å². The van der Waals surface area contributed by atoms with Crippen molar-refractivity contribution in [3.05, 3.63) is 75.4 Å². The topological polar surface area (TPSA) is 57.3 Å². The van der Waals surface area contributed by atoms with Gasteiger partial charge in [0.05, 0.1) is 10.7 Å². The van der Waals surface area contributed by atoms with Crippen LogP contribution in [0.2, 0.25) is 10.0 Å². The van der Waals surface area contributed by atoms with E-state index in [1.807, 2.05) is 6.92 Å². The number of aryl methyl sites for hydroxylation is 2. The summed E-state index contributed by atoms with van der Waals surface area (Å²) in [6.07, 6.45) is 3.07. The van der Waals surface area contributed by atoms with Crippen LogP contribution in [0, 0.1) is 6.92 Å². The molecule has 0 saturated carbocycles. The van der Waals surface area contributed by atoms with Crippen LogP contribution in [0.25, 0.3) is 6.08 Å². The van der Waals surface area contributed by atoms with Gasteiger partial charge in [-0.3, -0.25) is 9.48 Å². The van der Waals surface area contributed by atoms with Gasteiger partial charge in [-0.05, 0) is 55.5 Å². The molecule has 0 aliphatic carbocycles. The Morgan fingerprint density at radius 2 is 2.08 bits per heavy atom. The van der Waals surface area contributed by atoms with Crippen molar-refractivity contribution in [2.45, 2.75) is 13.5 Å². The second kappa shape index (κ2) is 7.81. The Labute approximate surface area is 160 Å². The van der Waals surface area contributed by atoms with Crippen molar-refractivity contribution < 1.29 is 13.9 Å². The van der Waals surface area contributed by atoms with Crippen LogP contribution in [0.4, 0.5) is 0 Å². The number of carbonyl (C=O) groups is 1. The lowest BCUT2D eigenvalue weighted by atomic mass is 10.2. The molecule has 0 atom stereocenters. The SMILES string of the molecule is Cc1cc(C(=O)C=Cc2ccc(COc3ccc(Cl)cc3Cl)o2)n(C)n1. The quantitative estimate of drug-likeness (QED) is 0.433. The molecule has 134 valence electrons. The summed E-state index contributed by atoms with van der Waals surface area (Å²) in [7, 11) is 1.73. The zero-order valence-electron chi connectivity index (χ0n) is 14.2. The van der Waals surface area contributed by atoms with E-state index in [0.29, 0.717) is 33.0 Å². The maximum atomic E-state index is 12.2. The number of nitrogens with zero attached hydrogens (tertiary/aromatic N) is 2. The Kier molecular flexibility index (Phi) is 5.49. The monoisotopic (exact) mass is 390 g/mol. The van der Waals surface area contributed by atoms with E-state index >= 15 is 0 Å². The normalized spacial score (nSPS) is 11.2. The lowest BCUT2D eigenvalue weighted by Crippen LogP contribution is -2.03. The van der Waals surface area contributed by atoms with E-state index in [-0.39, 0.29) is 12.4 Å². The third-order valence-corrected chi connectivity index (χ3v) is 4.13. The van der Waals surface area contributed by atoms with E-state index in [4.69, 9.17) is 32.4 Å². The minimum atomic E-state index is -0.143. The standard InChI is InChI=1S/C19H16Cl2N2O3/c1-12-9-17(23(2)22-12)18(24)7-6-14-4-5-15(26-14)11-25-19-8-3-13(20)10-16(19)21/h3-10H,11H2,1-2H3. The predicted molar refractivity (Wildman–Crippen MR) is 101 cm³/mol. The highest BCUT2D eigenvalue weighted by Crippen LogP contribution is 2.28. The van der Waals surface area contributed by atoms with E-state index in [9.17, 15) is 4.79 Å². The average molecular weight is 391 g/mol. The lowest BCUT2D eigenvalue weighted by molar-refractivity contribution is 0.103. The highest BCUT2D eigenvalue weighted by Gasteiger charge is 2.09. The van der Waals surface area contributed by atoms with Crippen LogP contribution in [0.15, 0.2) is 46.9 Å². The fraction of sp³-hybridized carbons (Fsp3) is 0.158. The van der Waals surface area contributed by atoms with E-state index in [1.54, 1.807) is 54.2 Å². The molecular formula is C19H16Cl2N2O3. The van der Waals surface area contributed by atoms with Crippen molar-refractivity contribution in [3.8, 4) is 5.75 Å². The van der Waals surface area contributed by atoms with Gasteiger partial charge in [-0.25, -0.2) is 0 Å². The number of rotatable bonds is 6. The Morgan fingerprint density at radius 1 is 1.27 bits per heavy atom. The van der Waals surface area contributed by atoms with Crippen molar-refractivity contribution in [1.29, 1.82) is 0 Å².